The summed E-state index contributed by atoms with van der Waals surface area (Å²) >= 11 is 3.05. The van der Waals surface area contributed by atoms with E-state index in [2.05, 4.69) is 20.9 Å². The van der Waals surface area contributed by atoms with E-state index in [1.807, 2.05) is 0 Å². The van der Waals surface area contributed by atoms with Crippen LogP contribution in [0.25, 0.3) is 6.08 Å². The highest BCUT2D eigenvalue weighted by Crippen LogP contribution is 2.30. The van der Waals surface area contributed by atoms with Gasteiger partial charge in [0.15, 0.2) is 5.78 Å². The summed E-state index contributed by atoms with van der Waals surface area (Å²) in [6.07, 6.45) is -4.27. The third kappa shape index (κ3) is 4.85. The van der Waals surface area contributed by atoms with E-state index in [-0.39, 0.29) is 18.4 Å². The molecule has 1 unspecified atom stereocenters. The number of nitrogens with one attached hydrogen (secondary N) is 1. The van der Waals surface area contributed by atoms with Crippen LogP contribution in [-0.4, -0.2) is 55.1 Å². The molecule has 0 aliphatic carbocycles. The highest BCUT2D eigenvalue weighted by Gasteiger charge is 2.43. The smallest absolute Gasteiger partial charge is 0.330 e. The molecule has 1 aromatic heterocycles. The largest absolute Gasteiger partial charge is 0.390 e. The monoisotopic (exact) mass is 480 g/mol. The average Bonchev–Trinajstić information content (AvgIpc) is 3.11. The van der Waals surface area contributed by atoms with Gasteiger partial charge >= 0.3 is 5.69 Å². The van der Waals surface area contributed by atoms with E-state index in [9.17, 15) is 29.7 Å². The van der Waals surface area contributed by atoms with Gasteiger partial charge in [-0.25, -0.2) is 4.79 Å². The van der Waals surface area contributed by atoms with E-state index in [0.717, 1.165) is 4.57 Å². The third-order valence-electron chi connectivity index (χ3n) is 4.89. The van der Waals surface area contributed by atoms with Gasteiger partial charge in [0.05, 0.1) is 11.7 Å². The van der Waals surface area contributed by atoms with Crippen molar-refractivity contribution in [3.8, 4) is 0 Å². The fourth-order valence-electron chi connectivity index (χ4n) is 3.33. The molecule has 2 aromatic rings. The number of hydrogen-bond acceptors (Lipinski definition) is 7. The molecule has 1 aliphatic heterocycles. The van der Waals surface area contributed by atoms with Gasteiger partial charge in [-0.05, 0) is 16.6 Å². The highest BCUT2D eigenvalue weighted by molar-refractivity contribution is 9.11. The number of ether oxygens (including phenoxy) is 1. The lowest BCUT2D eigenvalue weighted by Crippen LogP contribution is -2.45. The zero-order valence-corrected chi connectivity index (χ0v) is 17.3. The van der Waals surface area contributed by atoms with Gasteiger partial charge in [0, 0.05) is 19.0 Å². The van der Waals surface area contributed by atoms with E-state index in [0.29, 0.717) is 5.56 Å². The lowest BCUT2D eigenvalue weighted by Gasteiger charge is -2.22. The van der Waals surface area contributed by atoms with Crippen molar-refractivity contribution in [2.24, 2.45) is 0 Å². The Balaban J connectivity index is 1.74. The van der Waals surface area contributed by atoms with E-state index in [1.54, 1.807) is 30.3 Å². The van der Waals surface area contributed by atoms with E-state index >= 15 is 0 Å². The van der Waals surface area contributed by atoms with Crippen molar-refractivity contribution in [1.82, 2.24) is 9.55 Å². The number of rotatable bonds is 7. The molecule has 4 N–H and O–H groups in total. The predicted molar refractivity (Wildman–Crippen MR) is 111 cm³/mol. The highest BCUT2D eigenvalue weighted by atomic mass is 79.9. The van der Waals surface area contributed by atoms with Gasteiger partial charge < -0.3 is 20.1 Å². The molecule has 10 heteroatoms. The number of nitrogens with zero attached hydrogens (tertiary/aromatic N) is 1. The van der Waals surface area contributed by atoms with Crippen LogP contribution in [-0.2, 0) is 16.0 Å². The summed E-state index contributed by atoms with van der Waals surface area (Å²) in [5.41, 5.74) is -0.470. The summed E-state index contributed by atoms with van der Waals surface area (Å²) in [5, 5.41) is 30.9. The minimum atomic E-state index is -1.79. The molecule has 0 spiro atoms. The summed E-state index contributed by atoms with van der Waals surface area (Å²) in [6, 6.07) is 8.80. The van der Waals surface area contributed by atoms with Crippen molar-refractivity contribution >= 4 is 27.8 Å². The van der Waals surface area contributed by atoms with E-state index in [4.69, 9.17) is 4.74 Å². The molecule has 1 aromatic carbocycles. The topological polar surface area (TPSA) is 142 Å². The summed E-state index contributed by atoms with van der Waals surface area (Å²) in [7, 11) is 0. The predicted octanol–water partition coefficient (Wildman–Crippen LogP) is 0.0842. The number of aliphatic hydroxyl groups excluding tert-OH is 3. The van der Waals surface area contributed by atoms with Gasteiger partial charge in [0.2, 0.25) is 0 Å². The molecule has 5 atom stereocenters. The summed E-state index contributed by atoms with van der Waals surface area (Å²) in [6.45, 7) is 0. The number of benzene rings is 1. The second-order valence-corrected chi connectivity index (χ2v) is 7.48. The molecule has 0 saturated carbocycles. The van der Waals surface area contributed by atoms with Crippen LogP contribution in [0.15, 0.2) is 51.1 Å². The first-order valence-electron chi connectivity index (χ1n) is 9.21. The molecule has 1 fully saturated rings. The van der Waals surface area contributed by atoms with Crippen molar-refractivity contribution in [2.75, 3.05) is 0 Å². The standard InChI is InChI=1S/C20H21BrN2O7/c21-7-6-12-10-23(20(29)22-19(12)28)15-9-14(25)18(30-15)17(27)16(26)13(24)8-11-4-2-1-3-5-11/h1-7,10,13-15,17-18,24-25,27H,8-9H2,(H,22,28,29)/b7-6+/t13-,14-,15+,17?,18-/m0/s1. The van der Waals surface area contributed by atoms with Crippen molar-refractivity contribution < 1.29 is 24.9 Å². The molecular formula is C20H21BrN2O7. The fourth-order valence-corrected chi connectivity index (χ4v) is 3.62. The number of H-pyrrole nitrogens is 1. The number of ketones is 1. The number of carbonyl (C=O) groups is 1. The van der Waals surface area contributed by atoms with Gasteiger partial charge in [-0.2, -0.15) is 0 Å². The van der Waals surface area contributed by atoms with Gasteiger partial charge in [-0.1, -0.05) is 46.3 Å². The van der Waals surface area contributed by atoms with Crippen molar-refractivity contribution in [3.63, 3.8) is 0 Å². The molecule has 0 radical (unpaired) electrons. The Morgan fingerprint density at radius 3 is 2.67 bits per heavy atom. The lowest BCUT2D eigenvalue weighted by atomic mass is 9.97. The Hall–Kier alpha value is -2.37. The Morgan fingerprint density at radius 1 is 1.30 bits per heavy atom. The van der Waals surface area contributed by atoms with Crippen molar-refractivity contribution in [1.29, 1.82) is 0 Å². The lowest BCUT2D eigenvalue weighted by molar-refractivity contribution is -0.149. The molecule has 0 amide bonds. The second-order valence-electron chi connectivity index (χ2n) is 6.95. The maximum Gasteiger partial charge on any atom is 0.330 e. The van der Waals surface area contributed by atoms with Crippen LogP contribution in [0.4, 0.5) is 0 Å². The van der Waals surface area contributed by atoms with Crippen molar-refractivity contribution in [2.45, 2.75) is 43.5 Å². The fraction of sp³-hybridized carbons (Fsp3) is 0.350. The van der Waals surface area contributed by atoms with Gasteiger partial charge in [-0.15, -0.1) is 0 Å². The quantitative estimate of drug-likeness (QED) is 0.439. The van der Waals surface area contributed by atoms with Crippen LogP contribution in [0.1, 0.15) is 23.8 Å². The first-order valence-corrected chi connectivity index (χ1v) is 10.1. The Morgan fingerprint density at radius 2 is 2.00 bits per heavy atom. The minimum Gasteiger partial charge on any atom is -0.390 e. The second kappa shape index (κ2) is 9.63. The van der Waals surface area contributed by atoms with Gasteiger partial charge in [0.25, 0.3) is 5.56 Å². The molecule has 9 nitrogen and oxygen atoms in total. The summed E-state index contributed by atoms with van der Waals surface area (Å²) in [5.74, 6) is -0.889. The number of carbonyl (C=O) groups excluding carboxylic acids is 1. The van der Waals surface area contributed by atoms with Crippen LogP contribution >= 0.6 is 15.9 Å². The Kier molecular flexibility index (Phi) is 7.16. The van der Waals surface area contributed by atoms with E-state index < -0.39 is 47.7 Å². The molecule has 160 valence electrons. The number of aromatic nitrogens is 2. The number of aromatic amines is 1. The summed E-state index contributed by atoms with van der Waals surface area (Å²) in [4.78, 5) is 40.0. The number of aliphatic hydroxyl groups is 3. The first-order chi connectivity index (χ1) is 14.3. The molecule has 1 aliphatic rings. The van der Waals surface area contributed by atoms with Gasteiger partial charge in [0.1, 0.15) is 24.5 Å². The average molecular weight is 481 g/mol. The minimum absolute atomic E-state index is 0.00456. The summed E-state index contributed by atoms with van der Waals surface area (Å²) < 4.78 is 6.64. The molecule has 0 bridgehead atoms. The molecule has 30 heavy (non-hydrogen) atoms. The Labute approximate surface area is 179 Å². The number of halogens is 1. The van der Waals surface area contributed by atoms with Crippen LogP contribution in [0, 0.1) is 0 Å². The van der Waals surface area contributed by atoms with Crippen LogP contribution in [0.3, 0.4) is 0 Å². The zero-order valence-electron chi connectivity index (χ0n) is 15.7. The Bertz CT molecular complexity index is 1030. The zero-order chi connectivity index (χ0) is 21.8. The normalized spacial score (nSPS) is 23.5. The SMILES string of the molecule is O=C(C(O)[C@H]1O[C@@H](n2cc(/C=C/Br)c(=O)[nH]c2=O)C[C@@H]1O)[C@@H](O)Cc1ccccc1. The number of Topliss-reactive ketones (excluding diaryl/α,β-unsaturated/α-hetero) is 1. The van der Waals surface area contributed by atoms with E-state index in [1.165, 1.54) is 17.3 Å². The van der Waals surface area contributed by atoms with Crippen molar-refractivity contribution in [3.05, 3.63) is 73.5 Å². The molecule has 3 rings (SSSR count). The molecular weight excluding hydrogens is 460 g/mol. The van der Waals surface area contributed by atoms with Crippen LogP contribution < -0.4 is 11.2 Å². The maximum absolute atomic E-state index is 12.5. The molecule has 1 saturated heterocycles. The number of hydrogen-bond donors (Lipinski definition) is 4. The van der Waals surface area contributed by atoms with Crippen LogP contribution in [0.2, 0.25) is 0 Å². The maximum atomic E-state index is 12.5. The van der Waals surface area contributed by atoms with Gasteiger partial charge in [-0.3, -0.25) is 19.1 Å². The first kappa shape index (κ1) is 22.3. The van der Waals surface area contributed by atoms with Crippen LogP contribution in [0.5, 0.6) is 0 Å². The third-order valence-corrected chi connectivity index (χ3v) is 5.15. The molecule has 2 heterocycles.